The highest BCUT2D eigenvalue weighted by Crippen LogP contribution is 2.26. The zero-order chi connectivity index (χ0) is 15.9. The smallest absolute Gasteiger partial charge is 0.382 e. The van der Waals surface area contributed by atoms with Crippen LogP contribution in [0, 0.1) is 5.92 Å². The number of ether oxygens (including phenoxy) is 1. The van der Waals surface area contributed by atoms with E-state index in [0.717, 1.165) is 17.7 Å². The van der Waals surface area contributed by atoms with Crippen molar-refractivity contribution in [3.8, 4) is 0 Å². The molecule has 0 aromatic carbocycles. The Labute approximate surface area is 123 Å². The van der Waals surface area contributed by atoms with Gasteiger partial charge in [-0.05, 0) is 26.2 Å². The summed E-state index contributed by atoms with van der Waals surface area (Å²) >= 11 is 0. The van der Waals surface area contributed by atoms with Crippen molar-refractivity contribution in [2.75, 3.05) is 26.3 Å². The Kier molecular flexibility index (Phi) is 7.45. The van der Waals surface area contributed by atoms with E-state index in [1.807, 2.05) is 6.92 Å². The lowest BCUT2D eigenvalue weighted by Crippen LogP contribution is -2.48. The zero-order valence-electron chi connectivity index (χ0n) is 12.5. The van der Waals surface area contributed by atoms with Gasteiger partial charge in [0.2, 0.25) is 5.91 Å². The van der Waals surface area contributed by atoms with Crippen molar-refractivity contribution in [3.05, 3.63) is 0 Å². The van der Waals surface area contributed by atoms with Gasteiger partial charge in [0.05, 0.1) is 5.92 Å². The maximum absolute atomic E-state index is 12.6. The Hall–Kier alpha value is -0.820. The fourth-order valence-electron chi connectivity index (χ4n) is 2.69. The Balaban J connectivity index is 2.62. The monoisotopic (exact) mass is 310 g/mol. The van der Waals surface area contributed by atoms with Crippen molar-refractivity contribution < 1.29 is 22.7 Å². The van der Waals surface area contributed by atoms with E-state index in [4.69, 9.17) is 10.5 Å². The first-order valence-electron chi connectivity index (χ1n) is 7.54. The first kappa shape index (κ1) is 18.2. The maximum atomic E-state index is 12.6. The lowest BCUT2D eigenvalue weighted by Gasteiger charge is -2.33. The van der Waals surface area contributed by atoms with Gasteiger partial charge in [0.25, 0.3) is 0 Å². The van der Waals surface area contributed by atoms with Crippen molar-refractivity contribution in [1.82, 2.24) is 4.90 Å². The summed E-state index contributed by atoms with van der Waals surface area (Å²) < 4.78 is 43.1. The summed E-state index contributed by atoms with van der Waals surface area (Å²) in [6, 6.07) is -0.325. The van der Waals surface area contributed by atoms with Crippen molar-refractivity contribution in [2.45, 2.75) is 51.2 Å². The Bertz CT molecular complexity index is 324. The first-order chi connectivity index (χ1) is 9.85. The molecule has 2 atom stereocenters. The molecule has 7 heteroatoms. The summed E-state index contributed by atoms with van der Waals surface area (Å²) in [5.41, 5.74) is 5.90. The Morgan fingerprint density at radius 2 is 2.00 bits per heavy atom. The van der Waals surface area contributed by atoms with E-state index >= 15 is 0 Å². The van der Waals surface area contributed by atoms with Crippen LogP contribution in [0.25, 0.3) is 0 Å². The molecule has 0 aromatic heterocycles. The highest BCUT2D eigenvalue weighted by molar-refractivity contribution is 5.79. The molecule has 0 spiro atoms. The van der Waals surface area contributed by atoms with Crippen LogP contribution < -0.4 is 5.73 Å². The van der Waals surface area contributed by atoms with Crippen LogP contribution in [0.15, 0.2) is 0 Å². The lowest BCUT2D eigenvalue weighted by molar-refractivity contribution is -0.165. The summed E-state index contributed by atoms with van der Waals surface area (Å²) in [4.78, 5) is 13.3. The van der Waals surface area contributed by atoms with E-state index in [0.29, 0.717) is 32.5 Å². The molecule has 2 N–H and O–H groups in total. The Morgan fingerprint density at radius 3 is 2.57 bits per heavy atom. The van der Waals surface area contributed by atoms with Gasteiger partial charge in [-0.2, -0.15) is 13.2 Å². The standard InChI is InChI=1S/C14H25F3N2O2/c1-2-21-9-5-8-19(10-14(15,16)17)13(20)11-6-3-4-7-12(11)18/h11-12H,2-10,18H2,1H3. The molecule has 0 aromatic rings. The van der Waals surface area contributed by atoms with Crippen LogP contribution in [0.4, 0.5) is 13.2 Å². The average Bonchev–Trinajstić information content (AvgIpc) is 2.41. The van der Waals surface area contributed by atoms with E-state index in [2.05, 4.69) is 0 Å². The van der Waals surface area contributed by atoms with Gasteiger partial charge in [-0.1, -0.05) is 12.8 Å². The van der Waals surface area contributed by atoms with Crippen molar-refractivity contribution >= 4 is 5.91 Å². The van der Waals surface area contributed by atoms with Gasteiger partial charge in [0, 0.05) is 25.8 Å². The largest absolute Gasteiger partial charge is 0.406 e. The predicted octanol–water partition coefficient (Wildman–Crippen LogP) is 2.32. The van der Waals surface area contributed by atoms with Crippen LogP contribution in [-0.4, -0.2) is 49.3 Å². The second-order valence-corrected chi connectivity index (χ2v) is 5.48. The molecule has 0 saturated heterocycles. The second-order valence-electron chi connectivity index (χ2n) is 5.48. The van der Waals surface area contributed by atoms with E-state index in [1.165, 1.54) is 0 Å². The van der Waals surface area contributed by atoms with Gasteiger partial charge in [-0.25, -0.2) is 0 Å². The van der Waals surface area contributed by atoms with Gasteiger partial charge in [0.1, 0.15) is 6.54 Å². The summed E-state index contributed by atoms with van der Waals surface area (Å²) in [6.07, 6.45) is -0.913. The average molecular weight is 310 g/mol. The fourth-order valence-corrected chi connectivity index (χ4v) is 2.69. The normalized spacial score (nSPS) is 23.1. The molecule has 1 aliphatic rings. The molecular formula is C14H25F3N2O2. The van der Waals surface area contributed by atoms with Gasteiger partial charge < -0.3 is 15.4 Å². The molecule has 1 fully saturated rings. The topological polar surface area (TPSA) is 55.6 Å². The minimum atomic E-state index is -4.39. The van der Waals surface area contributed by atoms with Crippen LogP contribution >= 0.6 is 0 Å². The third-order valence-electron chi connectivity index (χ3n) is 3.74. The van der Waals surface area contributed by atoms with Crippen molar-refractivity contribution in [3.63, 3.8) is 0 Å². The summed E-state index contributed by atoms with van der Waals surface area (Å²) in [7, 11) is 0. The molecule has 1 saturated carbocycles. The van der Waals surface area contributed by atoms with Crippen LogP contribution in [0.3, 0.4) is 0 Å². The van der Waals surface area contributed by atoms with Crippen molar-refractivity contribution in [2.24, 2.45) is 11.7 Å². The molecule has 124 valence electrons. The molecule has 0 bridgehead atoms. The lowest BCUT2D eigenvalue weighted by atomic mass is 9.84. The fraction of sp³-hybridized carbons (Fsp3) is 0.929. The van der Waals surface area contributed by atoms with E-state index < -0.39 is 24.5 Å². The first-order valence-corrected chi connectivity index (χ1v) is 7.54. The number of carbonyl (C=O) groups is 1. The van der Waals surface area contributed by atoms with Gasteiger partial charge in [0.15, 0.2) is 0 Å². The number of carbonyl (C=O) groups excluding carboxylic acids is 1. The Morgan fingerprint density at radius 1 is 1.33 bits per heavy atom. The molecular weight excluding hydrogens is 285 g/mol. The number of alkyl halides is 3. The number of hydrogen-bond acceptors (Lipinski definition) is 3. The molecule has 1 rings (SSSR count). The molecule has 1 aliphatic carbocycles. The van der Waals surface area contributed by atoms with E-state index in [1.54, 1.807) is 0 Å². The minimum absolute atomic E-state index is 0.0571. The molecule has 0 heterocycles. The second kappa shape index (κ2) is 8.58. The third-order valence-corrected chi connectivity index (χ3v) is 3.74. The zero-order valence-corrected chi connectivity index (χ0v) is 12.5. The number of nitrogens with two attached hydrogens (primary N) is 1. The van der Waals surface area contributed by atoms with E-state index in [-0.39, 0.29) is 12.6 Å². The molecule has 2 unspecified atom stereocenters. The predicted molar refractivity (Wildman–Crippen MR) is 73.7 cm³/mol. The van der Waals surface area contributed by atoms with Gasteiger partial charge in [-0.3, -0.25) is 4.79 Å². The number of rotatable bonds is 7. The van der Waals surface area contributed by atoms with Gasteiger partial charge in [-0.15, -0.1) is 0 Å². The number of hydrogen-bond donors (Lipinski definition) is 1. The SMILES string of the molecule is CCOCCCN(CC(F)(F)F)C(=O)C1CCCCC1N. The number of amides is 1. The van der Waals surface area contributed by atoms with Gasteiger partial charge >= 0.3 is 6.18 Å². The van der Waals surface area contributed by atoms with E-state index in [9.17, 15) is 18.0 Å². The summed E-state index contributed by atoms with van der Waals surface area (Å²) in [5.74, 6) is -0.941. The van der Waals surface area contributed by atoms with Crippen molar-refractivity contribution in [1.29, 1.82) is 0 Å². The third kappa shape index (κ3) is 6.65. The maximum Gasteiger partial charge on any atom is 0.406 e. The van der Waals surface area contributed by atoms with Crippen LogP contribution in [0.1, 0.15) is 39.0 Å². The number of halogens is 3. The molecule has 0 radical (unpaired) electrons. The van der Waals surface area contributed by atoms with Crippen LogP contribution in [0.2, 0.25) is 0 Å². The molecule has 4 nitrogen and oxygen atoms in total. The van der Waals surface area contributed by atoms with Crippen LogP contribution in [-0.2, 0) is 9.53 Å². The highest BCUT2D eigenvalue weighted by atomic mass is 19.4. The quantitative estimate of drug-likeness (QED) is 0.734. The van der Waals surface area contributed by atoms with Crippen LogP contribution in [0.5, 0.6) is 0 Å². The minimum Gasteiger partial charge on any atom is -0.382 e. The molecule has 1 amide bonds. The summed E-state index contributed by atoms with van der Waals surface area (Å²) in [6.45, 7) is 1.54. The molecule has 0 aliphatic heterocycles. The highest BCUT2D eigenvalue weighted by Gasteiger charge is 2.37. The molecule has 21 heavy (non-hydrogen) atoms. The summed E-state index contributed by atoms with van der Waals surface area (Å²) in [5, 5.41) is 0. The number of nitrogens with zero attached hydrogens (tertiary/aromatic N) is 1.